The predicted molar refractivity (Wildman–Crippen MR) is 146 cm³/mol. The SMILES string of the molecule is CCN.Nc1nc2ncc(CNc3ccc(C(=O)NC(CCC(=O)ON4C(=O)CCC4=O)C(=O)O)cc3)nc2c(=O)[nH]1. The monoisotopic (exact) mass is 583 g/mol. The van der Waals surface area contributed by atoms with Crippen LogP contribution in [0.2, 0.25) is 0 Å². The van der Waals surface area contributed by atoms with Crippen molar-refractivity contribution in [1.82, 2.24) is 30.3 Å². The summed E-state index contributed by atoms with van der Waals surface area (Å²) in [5.41, 5.74) is 11.2. The first-order valence-corrected chi connectivity index (χ1v) is 12.7. The lowest BCUT2D eigenvalue weighted by atomic mass is 10.1. The van der Waals surface area contributed by atoms with Gasteiger partial charge in [-0.3, -0.25) is 24.2 Å². The molecule has 1 unspecified atom stereocenters. The highest BCUT2D eigenvalue weighted by Crippen LogP contribution is 2.15. The fourth-order valence-electron chi connectivity index (χ4n) is 3.55. The first kappa shape index (κ1) is 31.1. The third kappa shape index (κ3) is 8.28. The lowest BCUT2D eigenvalue weighted by Gasteiger charge is -2.16. The molecular formula is C25H29N9O8. The lowest BCUT2D eigenvalue weighted by Crippen LogP contribution is -2.41. The third-order valence-corrected chi connectivity index (χ3v) is 5.55. The van der Waals surface area contributed by atoms with Crippen LogP contribution in [-0.4, -0.2) is 72.4 Å². The van der Waals surface area contributed by atoms with Gasteiger partial charge in [0, 0.05) is 24.1 Å². The number of carbonyl (C=O) groups excluding carboxylic acids is 4. The van der Waals surface area contributed by atoms with Crippen LogP contribution in [0.1, 0.15) is 48.7 Å². The van der Waals surface area contributed by atoms with E-state index in [2.05, 4.69) is 30.6 Å². The molecule has 1 saturated heterocycles. The standard InChI is InChI=1S/C23H22N8O8.C2H7N/c24-23-29-19-18(21(36)30-23)27-13(10-26-19)9-25-12-3-1-11(2-4-12)20(35)28-14(22(37)38)5-8-17(34)39-31-15(32)6-7-16(31)33;1-2-3/h1-4,10,14,25H,5-9H2,(H,28,35)(H,37,38)(H3,24,26,29,30,36);2-3H2,1H3. The van der Waals surface area contributed by atoms with Gasteiger partial charge in [0.2, 0.25) is 5.95 Å². The van der Waals surface area contributed by atoms with Gasteiger partial charge in [-0.15, -0.1) is 5.06 Å². The number of nitrogen functional groups attached to an aromatic ring is 1. The zero-order valence-electron chi connectivity index (χ0n) is 22.5. The Labute approximate surface area is 237 Å². The molecule has 42 heavy (non-hydrogen) atoms. The molecule has 3 aromatic rings. The number of carboxylic acid groups (broad SMARTS) is 1. The van der Waals surface area contributed by atoms with Gasteiger partial charge in [0.25, 0.3) is 23.3 Å². The summed E-state index contributed by atoms with van der Waals surface area (Å²) < 4.78 is 0. The van der Waals surface area contributed by atoms with Crippen LogP contribution in [0.5, 0.6) is 0 Å². The number of aliphatic carboxylic acids is 1. The molecule has 17 nitrogen and oxygen atoms in total. The molecule has 2 aromatic heterocycles. The number of hydroxylamine groups is 2. The van der Waals surface area contributed by atoms with E-state index in [4.69, 9.17) is 16.3 Å². The van der Waals surface area contributed by atoms with Crippen LogP contribution in [0, 0.1) is 0 Å². The Hall–Kier alpha value is -5.45. The number of carboxylic acids is 1. The molecule has 3 heterocycles. The molecule has 1 aromatic carbocycles. The van der Waals surface area contributed by atoms with Crippen LogP contribution < -0.4 is 27.7 Å². The second-order valence-electron chi connectivity index (χ2n) is 8.77. The number of carbonyl (C=O) groups is 5. The first-order chi connectivity index (χ1) is 20.0. The van der Waals surface area contributed by atoms with Gasteiger partial charge in [0.05, 0.1) is 24.9 Å². The second kappa shape index (κ2) is 14.3. The number of nitrogens with zero attached hydrogens (tertiary/aromatic N) is 4. The number of amides is 3. The zero-order chi connectivity index (χ0) is 30.8. The summed E-state index contributed by atoms with van der Waals surface area (Å²) >= 11 is 0. The van der Waals surface area contributed by atoms with Crippen LogP contribution in [0.3, 0.4) is 0 Å². The first-order valence-electron chi connectivity index (χ1n) is 12.7. The van der Waals surface area contributed by atoms with E-state index in [1.54, 1.807) is 12.1 Å². The number of rotatable bonds is 10. The Morgan fingerprint density at radius 2 is 1.76 bits per heavy atom. The molecule has 0 saturated carbocycles. The van der Waals surface area contributed by atoms with Crippen LogP contribution in [0.4, 0.5) is 11.6 Å². The van der Waals surface area contributed by atoms with E-state index in [1.165, 1.54) is 18.3 Å². The van der Waals surface area contributed by atoms with Crippen molar-refractivity contribution in [2.45, 2.75) is 45.2 Å². The van der Waals surface area contributed by atoms with Gasteiger partial charge in [0.15, 0.2) is 11.2 Å². The van der Waals surface area contributed by atoms with Gasteiger partial charge >= 0.3 is 11.9 Å². The number of nitrogens with two attached hydrogens (primary N) is 2. The van der Waals surface area contributed by atoms with Gasteiger partial charge in [0.1, 0.15) is 6.04 Å². The fourth-order valence-corrected chi connectivity index (χ4v) is 3.55. The zero-order valence-corrected chi connectivity index (χ0v) is 22.5. The molecule has 4 rings (SSSR count). The fraction of sp³-hybridized carbons (Fsp3) is 0.320. The van der Waals surface area contributed by atoms with Gasteiger partial charge in [-0.05, 0) is 37.2 Å². The number of H-pyrrole nitrogens is 1. The summed E-state index contributed by atoms with van der Waals surface area (Å²) in [4.78, 5) is 90.4. The highest BCUT2D eigenvalue weighted by molar-refractivity contribution is 6.01. The molecule has 0 radical (unpaired) electrons. The van der Waals surface area contributed by atoms with E-state index < -0.39 is 47.7 Å². The maximum Gasteiger partial charge on any atom is 0.333 e. The van der Waals surface area contributed by atoms with Crippen molar-refractivity contribution in [3.8, 4) is 0 Å². The maximum atomic E-state index is 12.6. The summed E-state index contributed by atoms with van der Waals surface area (Å²) in [6, 6.07) is 4.65. The number of benzene rings is 1. The summed E-state index contributed by atoms with van der Waals surface area (Å²) in [5, 5.41) is 15.2. The van der Waals surface area contributed by atoms with Crippen molar-refractivity contribution in [2.75, 3.05) is 17.6 Å². The summed E-state index contributed by atoms with van der Waals surface area (Å²) in [6.45, 7) is 2.85. The normalized spacial score (nSPS) is 13.2. The number of hydrogen-bond acceptors (Lipinski definition) is 13. The number of nitrogens with one attached hydrogen (secondary N) is 3. The second-order valence-corrected chi connectivity index (χ2v) is 8.77. The molecule has 1 aliphatic rings. The smallest absolute Gasteiger partial charge is 0.333 e. The molecule has 17 heteroatoms. The number of anilines is 2. The van der Waals surface area contributed by atoms with Crippen LogP contribution in [-0.2, 0) is 30.6 Å². The molecule has 1 aliphatic heterocycles. The summed E-state index contributed by atoms with van der Waals surface area (Å²) in [6.07, 6.45) is 0.518. The quantitative estimate of drug-likeness (QED) is 0.163. The van der Waals surface area contributed by atoms with E-state index in [0.717, 1.165) is 6.54 Å². The van der Waals surface area contributed by atoms with Crippen LogP contribution in [0.15, 0.2) is 35.3 Å². The minimum Gasteiger partial charge on any atom is -0.480 e. The van der Waals surface area contributed by atoms with Gasteiger partial charge in [-0.1, -0.05) is 6.92 Å². The van der Waals surface area contributed by atoms with E-state index >= 15 is 0 Å². The van der Waals surface area contributed by atoms with Crippen LogP contribution in [0.25, 0.3) is 11.2 Å². The Kier molecular flexibility index (Phi) is 10.6. The van der Waals surface area contributed by atoms with Crippen molar-refractivity contribution in [2.24, 2.45) is 5.73 Å². The number of aromatic amines is 1. The number of hydrogen-bond donors (Lipinski definition) is 6. The van der Waals surface area contributed by atoms with Crippen molar-refractivity contribution in [3.63, 3.8) is 0 Å². The van der Waals surface area contributed by atoms with Crippen molar-refractivity contribution < 1.29 is 33.9 Å². The van der Waals surface area contributed by atoms with E-state index in [9.17, 15) is 33.9 Å². The topological polar surface area (TPSA) is 266 Å². The summed E-state index contributed by atoms with van der Waals surface area (Å²) in [7, 11) is 0. The average Bonchev–Trinajstić information content (AvgIpc) is 3.26. The molecule has 0 spiro atoms. The molecule has 0 aliphatic carbocycles. The Bertz CT molecular complexity index is 1530. The lowest BCUT2D eigenvalue weighted by molar-refractivity contribution is -0.197. The molecular weight excluding hydrogens is 554 g/mol. The maximum absolute atomic E-state index is 12.6. The van der Waals surface area contributed by atoms with Crippen molar-refractivity contribution in [1.29, 1.82) is 0 Å². The van der Waals surface area contributed by atoms with E-state index in [1.807, 2.05) is 6.92 Å². The number of fused-ring (bicyclic) bond motifs is 1. The minimum atomic E-state index is -1.42. The van der Waals surface area contributed by atoms with E-state index in [0.29, 0.717) is 16.4 Å². The van der Waals surface area contributed by atoms with E-state index in [-0.39, 0.29) is 48.5 Å². The van der Waals surface area contributed by atoms with Gasteiger partial charge in [-0.25, -0.2) is 19.6 Å². The van der Waals surface area contributed by atoms with Gasteiger partial charge < -0.3 is 32.0 Å². The average molecular weight is 584 g/mol. The van der Waals surface area contributed by atoms with Crippen molar-refractivity contribution in [3.05, 3.63) is 52.1 Å². The molecule has 1 atom stereocenters. The molecule has 1 fully saturated rings. The molecule has 3 amide bonds. The highest BCUT2D eigenvalue weighted by Gasteiger charge is 2.33. The molecule has 0 bridgehead atoms. The summed E-state index contributed by atoms with van der Waals surface area (Å²) in [5.74, 6) is -4.43. The Balaban J connectivity index is 0.00000155. The molecule has 8 N–H and O–H groups in total. The third-order valence-electron chi connectivity index (χ3n) is 5.55. The predicted octanol–water partition coefficient (Wildman–Crippen LogP) is -0.557. The van der Waals surface area contributed by atoms with Crippen molar-refractivity contribution >= 4 is 52.5 Å². The Morgan fingerprint density at radius 3 is 2.38 bits per heavy atom. The minimum absolute atomic E-state index is 0.0368. The van der Waals surface area contributed by atoms with Gasteiger partial charge in [-0.2, -0.15) is 4.98 Å². The van der Waals surface area contributed by atoms with Crippen LogP contribution >= 0.6 is 0 Å². The molecule has 222 valence electrons. The number of aromatic nitrogens is 4. The largest absolute Gasteiger partial charge is 0.480 e. The Morgan fingerprint density at radius 1 is 1.12 bits per heavy atom. The number of imide groups is 1. The highest BCUT2D eigenvalue weighted by atomic mass is 16.7.